The average molecular weight is 277 g/mol. The van der Waals surface area contributed by atoms with Gasteiger partial charge in [0.1, 0.15) is 5.69 Å². The maximum atomic E-state index is 12.2. The lowest BCUT2D eigenvalue weighted by Crippen LogP contribution is -2.13. The summed E-state index contributed by atoms with van der Waals surface area (Å²) in [6.07, 6.45) is 0. The van der Waals surface area contributed by atoms with Crippen molar-refractivity contribution in [3.63, 3.8) is 0 Å². The zero-order valence-corrected chi connectivity index (χ0v) is 11.4. The molecule has 21 heavy (non-hydrogen) atoms. The Morgan fingerprint density at radius 1 is 1.00 bits per heavy atom. The van der Waals surface area contributed by atoms with Gasteiger partial charge in [-0.25, -0.2) is 4.98 Å². The Labute approximate surface area is 122 Å². The van der Waals surface area contributed by atoms with Gasteiger partial charge in [0.05, 0.1) is 5.52 Å². The van der Waals surface area contributed by atoms with Crippen LogP contribution in [0.3, 0.4) is 0 Å². The van der Waals surface area contributed by atoms with Crippen molar-refractivity contribution in [3.8, 4) is 0 Å². The van der Waals surface area contributed by atoms with Crippen molar-refractivity contribution in [1.29, 1.82) is 0 Å². The van der Waals surface area contributed by atoms with Crippen LogP contribution in [0.4, 0.5) is 5.69 Å². The number of benzene rings is 2. The standard InChI is InChI=1S/C17H15N3O/c18-11-12-5-8-14(9-6-12)19-17(21)16-10-7-13-3-1-2-4-15(13)20-16/h1-10H,11,18H2,(H,19,21). The van der Waals surface area contributed by atoms with Crippen LogP contribution in [0.5, 0.6) is 0 Å². The number of hydrogen-bond donors (Lipinski definition) is 2. The van der Waals surface area contributed by atoms with Gasteiger partial charge in [-0.1, -0.05) is 36.4 Å². The largest absolute Gasteiger partial charge is 0.326 e. The van der Waals surface area contributed by atoms with E-state index in [0.29, 0.717) is 12.2 Å². The summed E-state index contributed by atoms with van der Waals surface area (Å²) in [5.74, 6) is -0.221. The molecular formula is C17H15N3O. The molecule has 0 unspecified atom stereocenters. The van der Waals surface area contributed by atoms with Gasteiger partial charge in [-0.3, -0.25) is 4.79 Å². The fourth-order valence-corrected chi connectivity index (χ4v) is 2.11. The quantitative estimate of drug-likeness (QED) is 0.773. The highest BCUT2D eigenvalue weighted by Gasteiger charge is 2.08. The van der Waals surface area contributed by atoms with Crippen LogP contribution >= 0.6 is 0 Å². The van der Waals surface area contributed by atoms with Crippen LogP contribution in [-0.4, -0.2) is 10.9 Å². The summed E-state index contributed by atoms with van der Waals surface area (Å²) < 4.78 is 0. The molecule has 1 aromatic heterocycles. The molecule has 0 atom stereocenters. The molecular weight excluding hydrogens is 262 g/mol. The number of amides is 1. The number of nitrogens with zero attached hydrogens (tertiary/aromatic N) is 1. The first-order valence-electron chi connectivity index (χ1n) is 6.72. The minimum absolute atomic E-state index is 0.221. The van der Waals surface area contributed by atoms with Crippen molar-refractivity contribution < 1.29 is 4.79 Å². The third kappa shape index (κ3) is 2.90. The van der Waals surface area contributed by atoms with Crippen LogP contribution < -0.4 is 11.1 Å². The number of aromatic nitrogens is 1. The number of pyridine rings is 1. The molecule has 0 spiro atoms. The molecule has 0 aliphatic heterocycles. The van der Waals surface area contributed by atoms with E-state index in [-0.39, 0.29) is 5.91 Å². The minimum Gasteiger partial charge on any atom is -0.326 e. The van der Waals surface area contributed by atoms with E-state index in [1.807, 2.05) is 54.6 Å². The lowest BCUT2D eigenvalue weighted by atomic mass is 10.2. The lowest BCUT2D eigenvalue weighted by Gasteiger charge is -2.06. The minimum atomic E-state index is -0.221. The SMILES string of the molecule is NCc1ccc(NC(=O)c2ccc3ccccc3n2)cc1. The van der Waals surface area contributed by atoms with Gasteiger partial charge in [0.25, 0.3) is 5.91 Å². The highest BCUT2D eigenvalue weighted by molar-refractivity contribution is 6.04. The fourth-order valence-electron chi connectivity index (χ4n) is 2.11. The molecule has 0 saturated heterocycles. The molecule has 3 N–H and O–H groups in total. The molecule has 0 fully saturated rings. The van der Waals surface area contributed by atoms with E-state index < -0.39 is 0 Å². The van der Waals surface area contributed by atoms with Crippen LogP contribution in [0.2, 0.25) is 0 Å². The van der Waals surface area contributed by atoms with E-state index in [4.69, 9.17) is 5.73 Å². The summed E-state index contributed by atoms with van der Waals surface area (Å²) in [7, 11) is 0. The van der Waals surface area contributed by atoms with Crippen LogP contribution in [0.1, 0.15) is 16.1 Å². The van der Waals surface area contributed by atoms with Crippen molar-refractivity contribution >= 4 is 22.5 Å². The maximum absolute atomic E-state index is 12.2. The number of para-hydroxylation sites is 1. The van der Waals surface area contributed by atoms with Gasteiger partial charge in [0, 0.05) is 17.6 Å². The Hall–Kier alpha value is -2.72. The number of fused-ring (bicyclic) bond motifs is 1. The Morgan fingerprint density at radius 2 is 1.76 bits per heavy atom. The number of nitrogens with one attached hydrogen (secondary N) is 1. The second-order valence-electron chi connectivity index (χ2n) is 4.74. The summed E-state index contributed by atoms with van der Waals surface area (Å²) >= 11 is 0. The van der Waals surface area contributed by atoms with E-state index in [1.54, 1.807) is 6.07 Å². The summed E-state index contributed by atoms with van der Waals surface area (Å²) in [6.45, 7) is 0.487. The second kappa shape index (κ2) is 5.73. The molecule has 0 saturated carbocycles. The highest BCUT2D eigenvalue weighted by Crippen LogP contribution is 2.14. The molecule has 1 amide bonds. The Morgan fingerprint density at radius 3 is 2.52 bits per heavy atom. The first kappa shape index (κ1) is 13.3. The molecule has 2 aromatic carbocycles. The molecule has 0 radical (unpaired) electrons. The Bertz CT molecular complexity index is 781. The normalized spacial score (nSPS) is 10.5. The summed E-state index contributed by atoms with van der Waals surface area (Å²) in [5, 5.41) is 3.85. The van der Waals surface area contributed by atoms with Crippen LogP contribution in [0.25, 0.3) is 10.9 Å². The molecule has 3 aromatic rings. The third-order valence-corrected chi connectivity index (χ3v) is 3.28. The number of carbonyl (C=O) groups excluding carboxylic acids is 1. The van der Waals surface area contributed by atoms with Gasteiger partial charge in [0.15, 0.2) is 0 Å². The fraction of sp³-hybridized carbons (Fsp3) is 0.0588. The van der Waals surface area contributed by atoms with E-state index in [9.17, 15) is 4.79 Å². The highest BCUT2D eigenvalue weighted by atomic mass is 16.1. The van der Waals surface area contributed by atoms with Crippen molar-refractivity contribution in [3.05, 3.63) is 71.9 Å². The average Bonchev–Trinajstić information content (AvgIpc) is 2.55. The number of anilines is 1. The molecule has 0 aliphatic carbocycles. The number of carbonyl (C=O) groups is 1. The Kier molecular flexibility index (Phi) is 3.62. The second-order valence-corrected chi connectivity index (χ2v) is 4.74. The van der Waals surface area contributed by atoms with Gasteiger partial charge >= 0.3 is 0 Å². The van der Waals surface area contributed by atoms with E-state index >= 15 is 0 Å². The van der Waals surface area contributed by atoms with Gasteiger partial charge in [-0.2, -0.15) is 0 Å². The molecule has 0 aliphatic rings. The number of nitrogens with two attached hydrogens (primary N) is 1. The monoisotopic (exact) mass is 277 g/mol. The zero-order chi connectivity index (χ0) is 14.7. The zero-order valence-electron chi connectivity index (χ0n) is 11.4. The molecule has 104 valence electrons. The molecule has 1 heterocycles. The summed E-state index contributed by atoms with van der Waals surface area (Å²) in [5.41, 5.74) is 8.51. The van der Waals surface area contributed by atoms with Gasteiger partial charge in [0.2, 0.25) is 0 Å². The molecule has 3 rings (SSSR count). The third-order valence-electron chi connectivity index (χ3n) is 3.28. The van der Waals surface area contributed by atoms with Gasteiger partial charge in [-0.05, 0) is 29.8 Å². The van der Waals surface area contributed by atoms with Crippen molar-refractivity contribution in [2.45, 2.75) is 6.54 Å². The topological polar surface area (TPSA) is 68.0 Å². The van der Waals surface area contributed by atoms with E-state index in [2.05, 4.69) is 10.3 Å². The number of hydrogen-bond acceptors (Lipinski definition) is 3. The molecule has 0 bridgehead atoms. The molecule has 4 nitrogen and oxygen atoms in total. The van der Waals surface area contributed by atoms with Crippen LogP contribution in [0, 0.1) is 0 Å². The predicted molar refractivity (Wildman–Crippen MR) is 84.0 cm³/mol. The first-order valence-corrected chi connectivity index (χ1v) is 6.72. The first-order chi connectivity index (χ1) is 10.3. The Balaban J connectivity index is 1.82. The maximum Gasteiger partial charge on any atom is 0.274 e. The predicted octanol–water partition coefficient (Wildman–Crippen LogP) is 2.95. The van der Waals surface area contributed by atoms with Gasteiger partial charge < -0.3 is 11.1 Å². The smallest absolute Gasteiger partial charge is 0.274 e. The molecule has 4 heteroatoms. The van der Waals surface area contributed by atoms with Gasteiger partial charge in [-0.15, -0.1) is 0 Å². The van der Waals surface area contributed by atoms with Crippen LogP contribution in [0.15, 0.2) is 60.7 Å². The summed E-state index contributed by atoms with van der Waals surface area (Å²) in [4.78, 5) is 16.6. The summed E-state index contributed by atoms with van der Waals surface area (Å²) in [6, 6.07) is 18.8. The van der Waals surface area contributed by atoms with Crippen LogP contribution in [-0.2, 0) is 6.54 Å². The lowest BCUT2D eigenvalue weighted by molar-refractivity contribution is 0.102. The van der Waals surface area contributed by atoms with E-state index in [1.165, 1.54) is 0 Å². The van der Waals surface area contributed by atoms with Crippen molar-refractivity contribution in [2.24, 2.45) is 5.73 Å². The number of rotatable bonds is 3. The van der Waals surface area contributed by atoms with Crippen molar-refractivity contribution in [2.75, 3.05) is 5.32 Å². The van der Waals surface area contributed by atoms with E-state index in [0.717, 1.165) is 22.2 Å². The van der Waals surface area contributed by atoms with Crippen molar-refractivity contribution in [1.82, 2.24) is 4.98 Å².